The molecule has 5 nitrogen and oxygen atoms in total. The molecule has 0 radical (unpaired) electrons. The molecule has 1 fully saturated rings. The number of benzene rings is 3. The number of rotatable bonds is 8. The van der Waals surface area contributed by atoms with Gasteiger partial charge in [-0.25, -0.2) is 4.79 Å². The molecule has 1 saturated heterocycles. The molecule has 0 aliphatic carbocycles. The number of carbonyl (C=O) groups is 2. The highest BCUT2D eigenvalue weighted by atomic mass is 19.4. The number of hydroxylamine groups is 2. The van der Waals surface area contributed by atoms with Gasteiger partial charge in [-0.2, -0.15) is 26.3 Å². The van der Waals surface area contributed by atoms with Crippen LogP contribution in [0.25, 0.3) is 0 Å². The number of alkyl halides is 6. The van der Waals surface area contributed by atoms with Crippen LogP contribution in [0.1, 0.15) is 58.5 Å². The summed E-state index contributed by atoms with van der Waals surface area (Å²) in [5, 5.41) is 1.35. The van der Waals surface area contributed by atoms with Crippen LogP contribution in [0.5, 0.6) is 0 Å². The van der Waals surface area contributed by atoms with E-state index in [0.717, 1.165) is 6.29 Å². The number of aldehydes is 1. The zero-order chi connectivity index (χ0) is 29.8. The second kappa shape index (κ2) is 12.0. The molecule has 0 amide bonds. The number of hydrogen-bond donors (Lipinski definition) is 0. The largest absolute Gasteiger partial charge is 0.416 e. The van der Waals surface area contributed by atoms with E-state index in [1.54, 1.807) is 60.7 Å². The van der Waals surface area contributed by atoms with Crippen molar-refractivity contribution in [1.29, 1.82) is 0 Å². The summed E-state index contributed by atoms with van der Waals surface area (Å²) < 4.78 is 86.7. The fraction of sp³-hybridized carbons (Fsp3) is 0.333. The maximum absolute atomic E-state index is 13.4. The van der Waals surface area contributed by atoms with E-state index in [1.165, 1.54) is 12.0 Å². The number of hydrogen-bond acceptors (Lipinski definition) is 5. The van der Waals surface area contributed by atoms with Crippen LogP contribution in [-0.2, 0) is 32.3 Å². The Morgan fingerprint density at radius 2 is 1.51 bits per heavy atom. The summed E-state index contributed by atoms with van der Waals surface area (Å²) in [6, 6.07) is 18.2. The lowest BCUT2D eigenvalue weighted by molar-refractivity contribution is -0.226. The molecule has 0 aromatic heterocycles. The van der Waals surface area contributed by atoms with E-state index in [0.29, 0.717) is 24.1 Å². The van der Waals surface area contributed by atoms with Crippen LogP contribution in [0.15, 0.2) is 78.9 Å². The molecule has 1 heterocycles. The maximum Gasteiger partial charge on any atom is 0.416 e. The molecular formula is C30H27F6NO4. The van der Waals surface area contributed by atoms with Gasteiger partial charge >= 0.3 is 18.3 Å². The summed E-state index contributed by atoms with van der Waals surface area (Å²) >= 11 is 0. The number of nitrogens with zero attached hydrogens (tertiary/aromatic N) is 1. The molecule has 1 aliphatic heterocycles. The first-order valence-corrected chi connectivity index (χ1v) is 12.8. The zero-order valence-corrected chi connectivity index (χ0v) is 21.9. The van der Waals surface area contributed by atoms with Crippen LogP contribution >= 0.6 is 0 Å². The maximum atomic E-state index is 13.4. The Hall–Kier alpha value is -3.70. The van der Waals surface area contributed by atoms with Crippen molar-refractivity contribution in [2.75, 3.05) is 13.2 Å². The third-order valence-electron chi connectivity index (χ3n) is 7.16. The third-order valence-corrected chi connectivity index (χ3v) is 7.16. The lowest BCUT2D eigenvalue weighted by atomic mass is 9.79. The topological polar surface area (TPSA) is 55.8 Å². The second-order valence-electron chi connectivity index (χ2n) is 9.93. The van der Waals surface area contributed by atoms with Crippen LogP contribution in [0.4, 0.5) is 26.3 Å². The Balaban J connectivity index is 1.70. The van der Waals surface area contributed by atoms with Gasteiger partial charge in [0.15, 0.2) is 0 Å². The van der Waals surface area contributed by atoms with Crippen LogP contribution in [0.2, 0.25) is 0 Å². The first-order valence-electron chi connectivity index (χ1n) is 12.8. The molecule has 1 aliphatic rings. The van der Waals surface area contributed by atoms with Crippen molar-refractivity contribution in [3.8, 4) is 0 Å². The van der Waals surface area contributed by atoms with Crippen molar-refractivity contribution in [3.05, 3.63) is 107 Å². The van der Waals surface area contributed by atoms with E-state index >= 15 is 0 Å². The fourth-order valence-electron chi connectivity index (χ4n) is 4.83. The van der Waals surface area contributed by atoms with Gasteiger partial charge in [0.1, 0.15) is 11.8 Å². The monoisotopic (exact) mass is 579 g/mol. The molecule has 0 bridgehead atoms. The van der Waals surface area contributed by atoms with Gasteiger partial charge in [-0.15, -0.1) is 5.06 Å². The van der Waals surface area contributed by atoms with Crippen LogP contribution in [0.3, 0.4) is 0 Å². The summed E-state index contributed by atoms with van der Waals surface area (Å²) in [6.07, 6.45) is -9.81. The lowest BCUT2D eigenvalue weighted by Crippen LogP contribution is -2.55. The molecule has 0 saturated carbocycles. The SMILES string of the molecule is CC(OCC1(c2ccccc2)CCC(C=O)CN1OC(=O)c1ccccc1)c1cc(C(F)(F)F)cc(C(F)(F)F)c1. The molecule has 11 heteroatoms. The molecule has 41 heavy (non-hydrogen) atoms. The van der Waals surface area contributed by atoms with Gasteiger partial charge in [0.25, 0.3) is 0 Å². The highest BCUT2D eigenvalue weighted by molar-refractivity contribution is 5.89. The van der Waals surface area contributed by atoms with E-state index in [4.69, 9.17) is 9.57 Å². The minimum absolute atomic E-state index is 0.0104. The van der Waals surface area contributed by atoms with Gasteiger partial charge in [-0.1, -0.05) is 48.5 Å². The first kappa shape index (κ1) is 30.3. The highest BCUT2D eigenvalue weighted by Gasteiger charge is 2.47. The van der Waals surface area contributed by atoms with Crippen molar-refractivity contribution in [1.82, 2.24) is 5.06 Å². The zero-order valence-electron chi connectivity index (χ0n) is 21.9. The Bertz CT molecular complexity index is 1310. The van der Waals surface area contributed by atoms with Crippen molar-refractivity contribution < 1.29 is 45.5 Å². The van der Waals surface area contributed by atoms with Crippen LogP contribution in [0, 0.1) is 5.92 Å². The van der Waals surface area contributed by atoms with E-state index in [-0.39, 0.29) is 36.8 Å². The molecule has 3 aromatic rings. The van der Waals surface area contributed by atoms with Crippen molar-refractivity contribution >= 4 is 12.3 Å². The number of halogens is 6. The average molecular weight is 580 g/mol. The van der Waals surface area contributed by atoms with E-state index in [2.05, 4.69) is 0 Å². The van der Waals surface area contributed by atoms with Crippen molar-refractivity contribution in [2.24, 2.45) is 5.92 Å². The summed E-state index contributed by atoms with van der Waals surface area (Å²) in [7, 11) is 0. The van der Waals surface area contributed by atoms with E-state index in [9.17, 15) is 35.9 Å². The Labute approximate surface area is 232 Å². The van der Waals surface area contributed by atoms with Crippen molar-refractivity contribution in [2.45, 2.75) is 43.8 Å². The quantitative estimate of drug-likeness (QED) is 0.206. The Kier molecular flexibility index (Phi) is 8.89. The summed E-state index contributed by atoms with van der Waals surface area (Å²) in [5.74, 6) is -1.18. The minimum Gasteiger partial charge on any atom is -0.371 e. The van der Waals surface area contributed by atoms with E-state index < -0.39 is 47.0 Å². The number of carbonyl (C=O) groups excluding carboxylic acids is 2. The average Bonchev–Trinajstić information content (AvgIpc) is 2.96. The highest BCUT2D eigenvalue weighted by Crippen LogP contribution is 2.42. The standard InChI is InChI=1S/C30H27F6NO4/c1-20(23-14-25(29(31,32)33)16-26(15-23)30(34,35)36)40-19-28(24-10-6-3-7-11-24)13-12-21(18-38)17-37(28)41-27(39)22-8-4-2-5-9-22/h2-11,14-16,18,20-21H,12-13,17,19H2,1H3. The normalized spacial score (nSPS) is 20.8. The summed E-state index contributed by atoms with van der Waals surface area (Å²) in [4.78, 5) is 30.6. The number of ether oxygens (including phenoxy) is 1. The molecular weight excluding hydrogens is 552 g/mol. The third kappa shape index (κ3) is 6.97. The van der Waals surface area contributed by atoms with Gasteiger partial charge in [-0.05, 0) is 61.2 Å². The molecule has 4 rings (SSSR count). The molecule has 218 valence electrons. The summed E-state index contributed by atoms with van der Waals surface area (Å²) in [6.45, 7) is 1.10. The van der Waals surface area contributed by atoms with Gasteiger partial charge in [0, 0.05) is 12.5 Å². The Morgan fingerprint density at radius 1 is 0.951 bits per heavy atom. The minimum atomic E-state index is -5.00. The number of piperidine rings is 1. The van der Waals surface area contributed by atoms with Gasteiger partial charge in [0.2, 0.25) is 0 Å². The van der Waals surface area contributed by atoms with E-state index in [1.807, 2.05) is 0 Å². The Morgan fingerprint density at radius 3 is 2.05 bits per heavy atom. The molecule has 0 N–H and O–H groups in total. The van der Waals surface area contributed by atoms with Gasteiger partial charge in [-0.3, -0.25) is 0 Å². The molecule has 3 unspecified atom stereocenters. The molecule has 3 aromatic carbocycles. The summed E-state index contributed by atoms with van der Waals surface area (Å²) in [5.41, 5.74) is -3.50. The predicted molar refractivity (Wildman–Crippen MR) is 136 cm³/mol. The van der Waals surface area contributed by atoms with Crippen LogP contribution in [-0.4, -0.2) is 30.5 Å². The molecule has 3 atom stereocenters. The second-order valence-corrected chi connectivity index (χ2v) is 9.93. The smallest absolute Gasteiger partial charge is 0.371 e. The van der Waals surface area contributed by atoms with Crippen LogP contribution < -0.4 is 0 Å². The molecule has 0 spiro atoms. The van der Waals surface area contributed by atoms with Gasteiger partial charge < -0.3 is 14.4 Å². The first-order chi connectivity index (χ1) is 19.3. The lowest BCUT2D eigenvalue weighted by Gasteiger charge is -2.47. The van der Waals surface area contributed by atoms with Gasteiger partial charge in [0.05, 0.1) is 29.4 Å². The predicted octanol–water partition coefficient (Wildman–Crippen LogP) is 7.38. The fourth-order valence-corrected chi connectivity index (χ4v) is 4.83. The van der Waals surface area contributed by atoms with Crippen molar-refractivity contribution in [3.63, 3.8) is 0 Å².